The third kappa shape index (κ3) is 1.84. The van der Waals surface area contributed by atoms with Crippen molar-refractivity contribution < 1.29 is 15.0 Å². The Morgan fingerprint density at radius 1 is 1.80 bits per heavy atom. The maximum absolute atomic E-state index is 10.3. The first-order valence-corrected chi connectivity index (χ1v) is 3.13. The molecule has 0 amide bonds. The van der Waals surface area contributed by atoms with E-state index in [1.54, 1.807) is 6.92 Å². The van der Waals surface area contributed by atoms with E-state index in [4.69, 9.17) is 5.11 Å². The summed E-state index contributed by atoms with van der Waals surface area (Å²) in [5.74, 6) is -1.19. The van der Waals surface area contributed by atoms with E-state index >= 15 is 0 Å². The van der Waals surface area contributed by atoms with Crippen LogP contribution in [0.15, 0.2) is 12.7 Å². The fourth-order valence-corrected chi connectivity index (χ4v) is 0.622. The van der Waals surface area contributed by atoms with Gasteiger partial charge in [-0.3, -0.25) is 0 Å². The first kappa shape index (κ1) is 9.17. The van der Waals surface area contributed by atoms with Gasteiger partial charge >= 0.3 is 5.97 Å². The maximum atomic E-state index is 10.3. The van der Waals surface area contributed by atoms with Crippen LogP contribution in [0.2, 0.25) is 0 Å². The molecule has 0 spiro atoms. The molecular weight excluding hydrogens is 132 g/mol. The number of carboxylic acid groups (broad SMARTS) is 1. The summed E-state index contributed by atoms with van der Waals surface area (Å²) in [5.41, 5.74) is -1.61. The van der Waals surface area contributed by atoms with Gasteiger partial charge < -0.3 is 10.2 Å². The first-order chi connectivity index (χ1) is 4.56. The molecule has 0 aromatic carbocycles. The maximum Gasteiger partial charge on any atom is 0.335 e. The highest BCUT2D eigenvalue weighted by Gasteiger charge is 2.31. The Morgan fingerprint density at radius 3 is 2.40 bits per heavy atom. The van der Waals surface area contributed by atoms with Crippen LogP contribution in [0, 0.1) is 0 Å². The molecular formula is C7H12O3. The van der Waals surface area contributed by atoms with Crippen molar-refractivity contribution in [2.75, 3.05) is 0 Å². The van der Waals surface area contributed by atoms with Crippen LogP contribution in [-0.2, 0) is 4.79 Å². The normalized spacial score (nSPS) is 15.8. The van der Waals surface area contributed by atoms with Gasteiger partial charge in [0.05, 0.1) is 0 Å². The smallest absolute Gasteiger partial charge is 0.335 e. The Hall–Kier alpha value is -0.830. The van der Waals surface area contributed by atoms with E-state index in [2.05, 4.69) is 6.58 Å². The van der Waals surface area contributed by atoms with Gasteiger partial charge in [0.15, 0.2) is 5.60 Å². The first-order valence-electron chi connectivity index (χ1n) is 3.13. The molecule has 3 heteroatoms. The zero-order valence-corrected chi connectivity index (χ0v) is 6.00. The van der Waals surface area contributed by atoms with Crippen LogP contribution in [0.4, 0.5) is 0 Å². The van der Waals surface area contributed by atoms with Crippen molar-refractivity contribution in [2.24, 2.45) is 0 Å². The summed E-state index contributed by atoms with van der Waals surface area (Å²) in [6.07, 6.45) is 1.70. The molecule has 0 saturated carbocycles. The second-order valence-electron chi connectivity index (χ2n) is 2.18. The zero-order valence-electron chi connectivity index (χ0n) is 6.00. The second-order valence-corrected chi connectivity index (χ2v) is 2.18. The predicted octanol–water partition coefficient (Wildman–Crippen LogP) is 0.788. The highest BCUT2D eigenvalue weighted by molar-refractivity contribution is 5.77. The van der Waals surface area contributed by atoms with Gasteiger partial charge in [-0.1, -0.05) is 13.0 Å². The molecule has 0 aliphatic heterocycles. The molecule has 0 radical (unpaired) electrons. The molecule has 2 N–H and O–H groups in total. The molecule has 0 aromatic heterocycles. The van der Waals surface area contributed by atoms with Gasteiger partial charge in [-0.05, 0) is 6.42 Å². The lowest BCUT2D eigenvalue weighted by molar-refractivity contribution is -0.158. The van der Waals surface area contributed by atoms with Crippen molar-refractivity contribution in [1.29, 1.82) is 0 Å². The average molecular weight is 144 g/mol. The minimum absolute atomic E-state index is 0.0961. The van der Waals surface area contributed by atoms with Gasteiger partial charge in [-0.2, -0.15) is 0 Å². The lowest BCUT2D eigenvalue weighted by Gasteiger charge is -2.18. The standard InChI is InChI=1S/C7H12O3/c1-3-5-7(10,4-2)6(8)9/h3,10H,1,4-5H2,2H3,(H,8,9)/t7-/m0/s1. The number of aliphatic hydroxyl groups is 1. The van der Waals surface area contributed by atoms with E-state index in [1.165, 1.54) is 6.08 Å². The Morgan fingerprint density at radius 2 is 2.30 bits per heavy atom. The van der Waals surface area contributed by atoms with Crippen molar-refractivity contribution in [3.8, 4) is 0 Å². The van der Waals surface area contributed by atoms with Crippen LogP contribution in [0.1, 0.15) is 19.8 Å². The summed E-state index contributed by atoms with van der Waals surface area (Å²) < 4.78 is 0. The molecule has 0 rings (SSSR count). The van der Waals surface area contributed by atoms with Crippen LogP contribution in [0.3, 0.4) is 0 Å². The van der Waals surface area contributed by atoms with Crippen molar-refractivity contribution in [2.45, 2.75) is 25.4 Å². The van der Waals surface area contributed by atoms with Crippen molar-refractivity contribution in [1.82, 2.24) is 0 Å². The monoisotopic (exact) mass is 144 g/mol. The van der Waals surface area contributed by atoms with Crippen LogP contribution in [-0.4, -0.2) is 21.8 Å². The Balaban J connectivity index is 4.21. The summed E-state index contributed by atoms with van der Waals surface area (Å²) in [4.78, 5) is 10.3. The van der Waals surface area contributed by atoms with Gasteiger partial charge in [0.1, 0.15) is 0 Å². The average Bonchev–Trinajstić information content (AvgIpc) is 1.88. The van der Waals surface area contributed by atoms with E-state index in [9.17, 15) is 9.90 Å². The summed E-state index contributed by atoms with van der Waals surface area (Å²) in [5, 5.41) is 17.7. The molecule has 0 fully saturated rings. The van der Waals surface area contributed by atoms with Crippen LogP contribution >= 0.6 is 0 Å². The Bertz CT molecular complexity index is 142. The predicted molar refractivity (Wildman–Crippen MR) is 37.7 cm³/mol. The minimum atomic E-state index is -1.61. The van der Waals surface area contributed by atoms with E-state index in [0.29, 0.717) is 0 Å². The largest absolute Gasteiger partial charge is 0.479 e. The van der Waals surface area contributed by atoms with Gasteiger partial charge in [0, 0.05) is 6.42 Å². The lowest BCUT2D eigenvalue weighted by atomic mass is 9.97. The number of rotatable bonds is 4. The summed E-state index contributed by atoms with van der Waals surface area (Å²) in [6, 6.07) is 0. The second kappa shape index (κ2) is 3.37. The van der Waals surface area contributed by atoms with Gasteiger partial charge in [-0.25, -0.2) is 4.79 Å². The fraction of sp³-hybridized carbons (Fsp3) is 0.571. The van der Waals surface area contributed by atoms with Gasteiger partial charge in [0.25, 0.3) is 0 Å². The molecule has 1 atom stereocenters. The molecule has 0 aliphatic carbocycles. The fourth-order valence-electron chi connectivity index (χ4n) is 0.622. The number of aliphatic carboxylic acids is 1. The van der Waals surface area contributed by atoms with Crippen molar-refractivity contribution in [3.63, 3.8) is 0 Å². The number of carboxylic acids is 1. The quantitative estimate of drug-likeness (QED) is 0.573. The molecule has 0 unspecified atom stereocenters. The van der Waals surface area contributed by atoms with Crippen molar-refractivity contribution >= 4 is 5.97 Å². The third-order valence-electron chi connectivity index (χ3n) is 1.47. The Kier molecular flexibility index (Phi) is 3.09. The lowest BCUT2D eigenvalue weighted by Crippen LogP contribution is -2.36. The SMILES string of the molecule is C=CC[C@@](O)(CC)C(=O)O. The summed E-state index contributed by atoms with van der Waals surface area (Å²) in [6.45, 7) is 4.98. The zero-order chi connectivity index (χ0) is 8.20. The van der Waals surface area contributed by atoms with E-state index in [0.717, 1.165) is 0 Å². The van der Waals surface area contributed by atoms with Crippen LogP contribution in [0.5, 0.6) is 0 Å². The molecule has 0 saturated heterocycles. The van der Waals surface area contributed by atoms with Crippen molar-refractivity contribution in [3.05, 3.63) is 12.7 Å². The highest BCUT2D eigenvalue weighted by atomic mass is 16.4. The van der Waals surface area contributed by atoms with Gasteiger partial charge in [0.2, 0.25) is 0 Å². The minimum Gasteiger partial charge on any atom is -0.479 e. The number of hydrogen-bond donors (Lipinski definition) is 2. The van der Waals surface area contributed by atoms with E-state index in [-0.39, 0.29) is 12.8 Å². The molecule has 0 aromatic rings. The topological polar surface area (TPSA) is 57.5 Å². The summed E-state index contributed by atoms with van der Waals surface area (Å²) >= 11 is 0. The number of carbonyl (C=O) groups is 1. The highest BCUT2D eigenvalue weighted by Crippen LogP contribution is 2.14. The van der Waals surface area contributed by atoms with Gasteiger partial charge in [-0.15, -0.1) is 6.58 Å². The molecule has 10 heavy (non-hydrogen) atoms. The van der Waals surface area contributed by atoms with E-state index < -0.39 is 11.6 Å². The third-order valence-corrected chi connectivity index (χ3v) is 1.47. The number of hydrogen-bond acceptors (Lipinski definition) is 2. The van der Waals surface area contributed by atoms with E-state index in [1.807, 2.05) is 0 Å². The Labute approximate surface area is 60.0 Å². The molecule has 3 nitrogen and oxygen atoms in total. The molecule has 0 aliphatic rings. The molecule has 0 bridgehead atoms. The molecule has 0 heterocycles. The molecule has 58 valence electrons. The summed E-state index contributed by atoms with van der Waals surface area (Å²) in [7, 11) is 0. The van der Waals surface area contributed by atoms with Crippen LogP contribution < -0.4 is 0 Å². The van der Waals surface area contributed by atoms with Crippen LogP contribution in [0.25, 0.3) is 0 Å².